The van der Waals surface area contributed by atoms with Crippen LogP contribution in [0.4, 0.5) is 0 Å². The third-order valence-corrected chi connectivity index (χ3v) is 7.16. The molecule has 0 heterocycles. The molecule has 0 aromatic carbocycles. The molecule has 1 rings (SSSR count). The summed E-state index contributed by atoms with van der Waals surface area (Å²) in [6.45, 7) is 3.73. The molecule has 0 aliphatic heterocycles. The van der Waals surface area contributed by atoms with Crippen LogP contribution in [-0.4, -0.2) is 36.2 Å². The average molecular weight is 441 g/mol. The number of unbranched alkanes of at least 4 members (excludes halogenated alkanes) is 11. The van der Waals surface area contributed by atoms with E-state index in [-0.39, 0.29) is 23.3 Å². The lowest BCUT2D eigenvalue weighted by Gasteiger charge is -2.32. The highest BCUT2D eigenvalue weighted by Crippen LogP contribution is 2.35. The van der Waals surface area contributed by atoms with Crippen LogP contribution >= 0.6 is 11.8 Å². The molecule has 0 amide bonds. The quantitative estimate of drug-likeness (QED) is 0.147. The van der Waals surface area contributed by atoms with Crippen molar-refractivity contribution in [1.82, 2.24) is 0 Å². The number of hydrogen-bond donors (Lipinski definition) is 0. The Morgan fingerprint density at radius 3 is 2.17 bits per heavy atom. The van der Waals surface area contributed by atoms with Gasteiger partial charge >= 0.3 is 11.9 Å². The molecule has 0 saturated heterocycles. The van der Waals surface area contributed by atoms with Crippen molar-refractivity contribution in [3.05, 3.63) is 11.6 Å². The highest BCUT2D eigenvalue weighted by atomic mass is 32.2. The SMILES string of the molecule is CCCCCCCCCCCCCC=C1CCCC(OC(C)=O)C1SCC(=O)OC. The molecule has 1 aliphatic rings. The maximum absolute atomic E-state index is 11.6. The van der Waals surface area contributed by atoms with Gasteiger partial charge in [-0.1, -0.05) is 82.8 Å². The molecule has 4 nitrogen and oxygen atoms in total. The van der Waals surface area contributed by atoms with E-state index in [0.717, 1.165) is 25.7 Å². The van der Waals surface area contributed by atoms with Crippen LogP contribution in [0, 0.1) is 0 Å². The zero-order valence-corrected chi connectivity index (χ0v) is 20.4. The van der Waals surface area contributed by atoms with Gasteiger partial charge in [-0.15, -0.1) is 11.8 Å². The van der Waals surface area contributed by atoms with Crippen LogP contribution in [0.15, 0.2) is 11.6 Å². The first-order valence-corrected chi connectivity index (χ1v) is 13.2. The fraction of sp³-hybridized carbons (Fsp3) is 0.840. The van der Waals surface area contributed by atoms with Crippen molar-refractivity contribution in [3.63, 3.8) is 0 Å². The smallest absolute Gasteiger partial charge is 0.315 e. The predicted octanol–water partition coefficient (Wildman–Crippen LogP) is 7.00. The fourth-order valence-electron chi connectivity index (χ4n) is 4.12. The second-order valence-electron chi connectivity index (χ2n) is 8.45. The molecule has 0 bridgehead atoms. The van der Waals surface area contributed by atoms with Gasteiger partial charge in [0, 0.05) is 6.92 Å². The van der Waals surface area contributed by atoms with Gasteiger partial charge < -0.3 is 9.47 Å². The Balaban J connectivity index is 2.30. The summed E-state index contributed by atoms with van der Waals surface area (Å²) < 4.78 is 10.3. The maximum Gasteiger partial charge on any atom is 0.315 e. The Labute approximate surface area is 188 Å². The maximum atomic E-state index is 11.6. The molecule has 1 fully saturated rings. The van der Waals surface area contributed by atoms with Crippen molar-refractivity contribution in [3.8, 4) is 0 Å². The Hall–Kier alpha value is -0.970. The lowest BCUT2D eigenvalue weighted by atomic mass is 9.90. The van der Waals surface area contributed by atoms with Gasteiger partial charge in [-0.05, 0) is 32.1 Å². The van der Waals surface area contributed by atoms with Crippen molar-refractivity contribution in [2.45, 2.75) is 122 Å². The number of methoxy groups -OCH3 is 1. The van der Waals surface area contributed by atoms with Gasteiger partial charge in [0.05, 0.1) is 18.1 Å². The predicted molar refractivity (Wildman–Crippen MR) is 127 cm³/mol. The normalized spacial score (nSPS) is 20.3. The molecule has 2 unspecified atom stereocenters. The molecule has 2 atom stereocenters. The lowest BCUT2D eigenvalue weighted by molar-refractivity contribution is -0.146. The molecular formula is C25H44O4S. The van der Waals surface area contributed by atoms with Crippen LogP contribution in [0.3, 0.4) is 0 Å². The van der Waals surface area contributed by atoms with E-state index in [2.05, 4.69) is 13.0 Å². The summed E-state index contributed by atoms with van der Waals surface area (Å²) in [5.41, 5.74) is 1.34. The summed E-state index contributed by atoms with van der Waals surface area (Å²) in [6, 6.07) is 0. The summed E-state index contributed by atoms with van der Waals surface area (Å²) in [7, 11) is 1.41. The molecule has 0 aromatic heterocycles. The Kier molecular flexibility index (Phi) is 16.0. The van der Waals surface area contributed by atoms with Crippen LogP contribution in [0.1, 0.15) is 110 Å². The summed E-state index contributed by atoms with van der Waals surface area (Å²) in [6.07, 6.45) is 21.1. The molecule has 0 N–H and O–H groups in total. The van der Waals surface area contributed by atoms with E-state index in [1.54, 1.807) is 11.8 Å². The topological polar surface area (TPSA) is 52.6 Å². The van der Waals surface area contributed by atoms with E-state index in [9.17, 15) is 9.59 Å². The van der Waals surface area contributed by atoms with E-state index < -0.39 is 0 Å². The third kappa shape index (κ3) is 12.7. The van der Waals surface area contributed by atoms with Gasteiger partial charge in [0.2, 0.25) is 0 Å². The zero-order valence-electron chi connectivity index (χ0n) is 19.6. The molecule has 30 heavy (non-hydrogen) atoms. The number of thioether (sulfide) groups is 1. The van der Waals surface area contributed by atoms with E-state index in [0.29, 0.717) is 5.75 Å². The Bertz CT molecular complexity index is 503. The van der Waals surface area contributed by atoms with Crippen LogP contribution in [0.5, 0.6) is 0 Å². The standard InChI is InChI=1S/C25H44O4S/c1-4-5-6-7-8-9-10-11-12-13-14-15-17-22-18-16-19-23(29-21(2)26)25(22)30-20-24(27)28-3/h17,23,25H,4-16,18-20H2,1-3H3. The Morgan fingerprint density at radius 1 is 1.00 bits per heavy atom. The van der Waals surface area contributed by atoms with Crippen molar-refractivity contribution in [2.24, 2.45) is 0 Å². The molecule has 0 spiro atoms. The number of carbonyl (C=O) groups is 2. The fourth-order valence-corrected chi connectivity index (χ4v) is 5.39. The van der Waals surface area contributed by atoms with Gasteiger partial charge in [-0.2, -0.15) is 0 Å². The van der Waals surface area contributed by atoms with Gasteiger partial charge in [-0.3, -0.25) is 9.59 Å². The first kappa shape index (κ1) is 27.1. The summed E-state index contributed by atoms with van der Waals surface area (Å²) in [5, 5.41) is 0.0782. The van der Waals surface area contributed by atoms with Gasteiger partial charge in [0.1, 0.15) is 6.10 Å². The van der Waals surface area contributed by atoms with E-state index in [1.165, 1.54) is 90.2 Å². The first-order valence-electron chi connectivity index (χ1n) is 12.1. The second kappa shape index (κ2) is 17.7. The minimum atomic E-state index is -0.240. The minimum absolute atomic E-state index is 0.0782. The van der Waals surface area contributed by atoms with Crippen LogP contribution < -0.4 is 0 Å². The van der Waals surface area contributed by atoms with Gasteiger partial charge in [0.25, 0.3) is 0 Å². The summed E-state index contributed by atoms with van der Waals surface area (Å²) >= 11 is 1.55. The van der Waals surface area contributed by atoms with Crippen molar-refractivity contribution >= 4 is 23.7 Å². The van der Waals surface area contributed by atoms with E-state index in [4.69, 9.17) is 9.47 Å². The highest BCUT2D eigenvalue weighted by molar-refractivity contribution is 8.00. The van der Waals surface area contributed by atoms with Crippen LogP contribution in [0.25, 0.3) is 0 Å². The molecule has 0 radical (unpaired) electrons. The molecule has 174 valence electrons. The summed E-state index contributed by atoms with van der Waals surface area (Å²) in [4.78, 5) is 23.1. The monoisotopic (exact) mass is 440 g/mol. The van der Waals surface area contributed by atoms with E-state index >= 15 is 0 Å². The first-order chi connectivity index (χ1) is 14.6. The minimum Gasteiger partial charge on any atom is -0.468 e. The molecule has 5 heteroatoms. The molecule has 1 saturated carbocycles. The Morgan fingerprint density at radius 2 is 1.60 bits per heavy atom. The van der Waals surface area contributed by atoms with Gasteiger partial charge in [0.15, 0.2) is 0 Å². The number of carbonyl (C=O) groups excluding carboxylic acids is 2. The highest BCUT2D eigenvalue weighted by Gasteiger charge is 2.32. The third-order valence-electron chi connectivity index (χ3n) is 5.80. The number of hydrogen-bond acceptors (Lipinski definition) is 5. The van der Waals surface area contributed by atoms with Gasteiger partial charge in [-0.25, -0.2) is 0 Å². The molecule has 1 aliphatic carbocycles. The number of allylic oxidation sites excluding steroid dienone is 1. The molecular weight excluding hydrogens is 396 g/mol. The largest absolute Gasteiger partial charge is 0.468 e. The molecule has 0 aromatic rings. The van der Waals surface area contributed by atoms with Crippen molar-refractivity contribution in [1.29, 1.82) is 0 Å². The van der Waals surface area contributed by atoms with Crippen molar-refractivity contribution < 1.29 is 19.1 Å². The van der Waals surface area contributed by atoms with E-state index in [1.807, 2.05) is 0 Å². The number of ether oxygens (including phenoxy) is 2. The zero-order chi connectivity index (χ0) is 22.0. The second-order valence-corrected chi connectivity index (χ2v) is 9.58. The average Bonchev–Trinajstić information content (AvgIpc) is 2.73. The summed E-state index contributed by atoms with van der Waals surface area (Å²) in [5.74, 6) is -0.165. The van der Waals surface area contributed by atoms with Crippen LogP contribution in [0.2, 0.25) is 0 Å². The number of esters is 2. The van der Waals surface area contributed by atoms with Crippen LogP contribution in [-0.2, 0) is 19.1 Å². The lowest BCUT2D eigenvalue weighted by Crippen LogP contribution is -2.34. The number of rotatable bonds is 16. The van der Waals surface area contributed by atoms with Crippen molar-refractivity contribution in [2.75, 3.05) is 12.9 Å².